The molecule has 7 nitrogen and oxygen atoms in total. The van der Waals surface area contributed by atoms with Crippen LogP contribution in [0.4, 0.5) is 5.82 Å². The number of fused-ring (bicyclic) bond motifs is 1. The topological polar surface area (TPSA) is 88.3 Å². The molecule has 2 aliphatic rings. The largest absolute Gasteiger partial charge is 0.304 e. The van der Waals surface area contributed by atoms with E-state index in [-0.39, 0.29) is 18.3 Å². The number of carbonyl (C=O) groups excluding carboxylic acids is 2. The fourth-order valence-corrected chi connectivity index (χ4v) is 5.38. The molecule has 2 aromatic carbocycles. The maximum atomic E-state index is 12.8. The van der Waals surface area contributed by atoms with Crippen molar-refractivity contribution in [2.24, 2.45) is 0 Å². The van der Waals surface area contributed by atoms with Gasteiger partial charge in [0.05, 0.1) is 4.91 Å². The van der Waals surface area contributed by atoms with Crippen molar-refractivity contribution < 1.29 is 14.2 Å². The number of hydrogen-bond donors (Lipinski definition) is 1. The van der Waals surface area contributed by atoms with Gasteiger partial charge < -0.3 is 5.32 Å². The Kier molecular flexibility index (Phi) is 6.49. The maximum Gasteiger partial charge on any atom is 0.266 e. The predicted octanol–water partition coefficient (Wildman–Crippen LogP) is 5.11. The van der Waals surface area contributed by atoms with E-state index in [1.165, 1.54) is 22.4 Å². The molecule has 0 radical (unpaired) electrons. The number of thiocarbonyl (C=S) groups is 1. The van der Waals surface area contributed by atoms with Crippen LogP contribution in [0.1, 0.15) is 29.5 Å². The van der Waals surface area contributed by atoms with Crippen molar-refractivity contribution in [3.63, 3.8) is 0 Å². The van der Waals surface area contributed by atoms with Gasteiger partial charge in [-0.25, -0.2) is 4.63 Å². The van der Waals surface area contributed by atoms with Crippen molar-refractivity contribution in [3.05, 3.63) is 69.1 Å². The molecule has 1 aliphatic heterocycles. The van der Waals surface area contributed by atoms with Crippen LogP contribution in [0.25, 0.3) is 17.3 Å². The molecule has 0 spiro atoms. The van der Waals surface area contributed by atoms with E-state index in [2.05, 4.69) is 27.8 Å². The number of carbonyl (C=O) groups is 2. The summed E-state index contributed by atoms with van der Waals surface area (Å²) in [5, 5.41) is 11.2. The summed E-state index contributed by atoms with van der Waals surface area (Å²) >= 11 is 12.4. The average Bonchev–Trinajstić information content (AvgIpc) is 3.40. The molecule has 2 amide bonds. The molecule has 1 fully saturated rings. The van der Waals surface area contributed by atoms with Crippen LogP contribution in [-0.4, -0.2) is 37.9 Å². The Bertz CT molecular complexity index is 1320. The zero-order valence-corrected chi connectivity index (χ0v) is 20.3. The third-order valence-electron chi connectivity index (χ3n) is 5.71. The van der Waals surface area contributed by atoms with Crippen LogP contribution >= 0.6 is 35.6 Å². The van der Waals surface area contributed by atoms with Crippen LogP contribution in [-0.2, 0) is 22.4 Å². The number of aryl methyl sites for hydroxylation is 2. The predicted molar refractivity (Wildman–Crippen MR) is 136 cm³/mol. The van der Waals surface area contributed by atoms with Crippen LogP contribution in [0.15, 0.2) is 52.0 Å². The van der Waals surface area contributed by atoms with Crippen molar-refractivity contribution >= 4 is 63.6 Å². The SMILES string of the molecule is O=C(CN1C(=O)/C(=C/c2ccc(Cl)cc2)SC1=S)Nc1nonc1-c1ccc2c(c1)CCCC2. The zero-order valence-electron chi connectivity index (χ0n) is 17.9. The first-order chi connectivity index (χ1) is 16.5. The van der Waals surface area contributed by atoms with E-state index in [0.717, 1.165) is 42.2 Å². The van der Waals surface area contributed by atoms with Gasteiger partial charge in [0.15, 0.2) is 5.69 Å². The minimum Gasteiger partial charge on any atom is -0.304 e. The summed E-state index contributed by atoms with van der Waals surface area (Å²) in [4.78, 5) is 27.3. The number of halogens is 1. The van der Waals surface area contributed by atoms with E-state index in [0.29, 0.717) is 19.9 Å². The molecule has 0 bridgehead atoms. The van der Waals surface area contributed by atoms with Crippen molar-refractivity contribution in [2.75, 3.05) is 11.9 Å². The minimum absolute atomic E-state index is 0.211. The number of benzene rings is 2. The number of aromatic nitrogens is 2. The molecule has 0 saturated carbocycles. The minimum atomic E-state index is -0.445. The van der Waals surface area contributed by atoms with Crippen LogP contribution in [0.3, 0.4) is 0 Å². The molecule has 5 rings (SSSR count). The van der Waals surface area contributed by atoms with Gasteiger partial charge in [0, 0.05) is 10.6 Å². The molecule has 2 heterocycles. The molecule has 1 saturated heterocycles. The van der Waals surface area contributed by atoms with Crippen LogP contribution in [0.5, 0.6) is 0 Å². The Balaban J connectivity index is 1.28. The van der Waals surface area contributed by atoms with Crippen molar-refractivity contribution in [3.8, 4) is 11.3 Å². The Morgan fingerprint density at radius 3 is 2.71 bits per heavy atom. The molecule has 1 aromatic heterocycles. The van der Waals surface area contributed by atoms with E-state index in [1.54, 1.807) is 30.3 Å². The van der Waals surface area contributed by atoms with Crippen molar-refractivity contribution in [2.45, 2.75) is 25.7 Å². The lowest BCUT2D eigenvalue weighted by molar-refractivity contribution is -0.126. The molecule has 0 unspecified atom stereocenters. The number of hydrogen-bond acceptors (Lipinski definition) is 7. The molecule has 1 aliphatic carbocycles. The molecule has 0 atom stereocenters. The van der Waals surface area contributed by atoms with Gasteiger partial charge in [0.1, 0.15) is 10.9 Å². The Morgan fingerprint density at radius 2 is 1.91 bits per heavy atom. The highest BCUT2D eigenvalue weighted by atomic mass is 35.5. The highest BCUT2D eigenvalue weighted by Gasteiger charge is 2.33. The fourth-order valence-electron chi connectivity index (χ4n) is 4.00. The molecule has 34 heavy (non-hydrogen) atoms. The van der Waals surface area contributed by atoms with Crippen LogP contribution in [0.2, 0.25) is 5.02 Å². The van der Waals surface area contributed by atoms with Crippen molar-refractivity contribution in [1.29, 1.82) is 0 Å². The molecular weight excluding hydrogens is 492 g/mol. The van der Waals surface area contributed by atoms with E-state index < -0.39 is 5.91 Å². The maximum absolute atomic E-state index is 12.8. The Hall–Kier alpha value is -3.01. The lowest BCUT2D eigenvalue weighted by Crippen LogP contribution is -2.36. The summed E-state index contributed by atoms with van der Waals surface area (Å²) in [6.45, 7) is -0.237. The monoisotopic (exact) mass is 510 g/mol. The third kappa shape index (κ3) is 4.77. The van der Waals surface area contributed by atoms with Crippen molar-refractivity contribution in [1.82, 2.24) is 15.2 Å². The summed E-state index contributed by atoms with van der Waals surface area (Å²) < 4.78 is 5.22. The quantitative estimate of drug-likeness (QED) is 0.377. The molecule has 172 valence electrons. The second-order valence-electron chi connectivity index (χ2n) is 8.02. The van der Waals surface area contributed by atoms with Gasteiger partial charge in [-0.2, -0.15) is 0 Å². The highest BCUT2D eigenvalue weighted by molar-refractivity contribution is 8.26. The van der Waals surface area contributed by atoms with E-state index in [4.69, 9.17) is 28.4 Å². The van der Waals surface area contributed by atoms with Crippen LogP contribution < -0.4 is 5.32 Å². The smallest absolute Gasteiger partial charge is 0.266 e. The van der Waals surface area contributed by atoms with Gasteiger partial charge in [-0.3, -0.25) is 14.5 Å². The molecule has 3 aromatic rings. The first-order valence-electron chi connectivity index (χ1n) is 10.7. The lowest BCUT2D eigenvalue weighted by atomic mass is 9.90. The van der Waals surface area contributed by atoms with E-state index in [1.807, 2.05) is 6.07 Å². The zero-order chi connectivity index (χ0) is 23.7. The van der Waals surface area contributed by atoms with Gasteiger partial charge in [-0.1, -0.05) is 59.8 Å². The van der Waals surface area contributed by atoms with Gasteiger partial charge >= 0.3 is 0 Å². The van der Waals surface area contributed by atoms with Gasteiger partial charge in [-0.15, -0.1) is 0 Å². The standard InChI is InChI=1S/C24H19ClN4O3S2/c25-18-9-5-14(6-10-18)11-19-23(31)29(24(33)34-19)13-20(30)26-22-21(27-32-28-22)17-8-7-15-3-1-2-4-16(15)12-17/h5-12H,1-4,13H2,(H,26,28,30)/b19-11-. The fraction of sp³-hybridized carbons (Fsp3) is 0.208. The normalized spacial score (nSPS) is 16.7. The highest BCUT2D eigenvalue weighted by Crippen LogP contribution is 2.33. The lowest BCUT2D eigenvalue weighted by Gasteiger charge is -2.16. The van der Waals surface area contributed by atoms with Crippen LogP contribution in [0, 0.1) is 0 Å². The number of thioether (sulfide) groups is 1. The summed E-state index contributed by atoms with van der Waals surface area (Å²) in [6.07, 6.45) is 6.18. The first kappa shape index (κ1) is 22.8. The second kappa shape index (κ2) is 9.69. The average molecular weight is 511 g/mol. The molecule has 10 heteroatoms. The van der Waals surface area contributed by atoms with Gasteiger partial charge in [-0.05, 0) is 77.0 Å². The second-order valence-corrected chi connectivity index (χ2v) is 10.1. The van der Waals surface area contributed by atoms with Gasteiger partial charge in [0.25, 0.3) is 5.91 Å². The Morgan fingerprint density at radius 1 is 1.15 bits per heavy atom. The van der Waals surface area contributed by atoms with E-state index in [9.17, 15) is 9.59 Å². The Labute approximate surface area is 210 Å². The van der Waals surface area contributed by atoms with Gasteiger partial charge in [0.2, 0.25) is 11.7 Å². The number of amides is 2. The molecule has 1 N–H and O–H groups in total. The first-order valence-corrected chi connectivity index (χ1v) is 12.3. The number of rotatable bonds is 5. The number of anilines is 1. The molecular formula is C24H19ClN4O3S2. The van der Waals surface area contributed by atoms with E-state index >= 15 is 0 Å². The number of nitrogens with one attached hydrogen (secondary N) is 1. The summed E-state index contributed by atoms with van der Waals surface area (Å²) in [5.41, 5.74) is 4.73. The third-order valence-corrected chi connectivity index (χ3v) is 7.34. The summed E-state index contributed by atoms with van der Waals surface area (Å²) in [5.74, 6) is -0.560. The summed E-state index contributed by atoms with van der Waals surface area (Å²) in [6, 6.07) is 13.2. The number of nitrogens with zero attached hydrogens (tertiary/aromatic N) is 3. The summed E-state index contributed by atoms with van der Waals surface area (Å²) in [7, 11) is 0.